The third kappa shape index (κ3) is 8.27. The Labute approximate surface area is 270 Å². The van der Waals surface area contributed by atoms with Crippen LogP contribution in [0.4, 0.5) is 21.6 Å². The Kier molecular flexibility index (Phi) is 11.0. The van der Waals surface area contributed by atoms with Gasteiger partial charge in [-0.15, -0.1) is 0 Å². The molecule has 1 aliphatic heterocycles. The molecule has 46 heavy (non-hydrogen) atoms. The fourth-order valence-electron chi connectivity index (χ4n) is 5.24. The van der Waals surface area contributed by atoms with Crippen LogP contribution in [0.2, 0.25) is 5.02 Å². The lowest BCUT2D eigenvalue weighted by molar-refractivity contribution is -0.154. The molecule has 1 atom stereocenters. The van der Waals surface area contributed by atoms with Gasteiger partial charge in [-0.1, -0.05) is 17.7 Å². The number of hydrogen-bond donors (Lipinski definition) is 2. The molecular formula is C32H36ClFN6O6. The van der Waals surface area contributed by atoms with E-state index in [2.05, 4.69) is 25.5 Å². The van der Waals surface area contributed by atoms with E-state index in [1.165, 1.54) is 38.8 Å². The summed E-state index contributed by atoms with van der Waals surface area (Å²) in [5.74, 6) is -0.847. The number of halogens is 2. The minimum atomic E-state index is -0.700. The minimum Gasteiger partial charge on any atom is -0.488 e. The number of benzene rings is 2. The molecule has 1 aliphatic carbocycles. The van der Waals surface area contributed by atoms with Crippen LogP contribution in [-0.2, 0) is 23.9 Å². The van der Waals surface area contributed by atoms with Gasteiger partial charge in [0.2, 0.25) is 5.91 Å². The SMILES string of the molecule is COC(=O)CC(C(=O)OC)N1CCN(C/C=C/C(=O)Nc2cc3c(Nc4ccc(F)c(Cl)c4)ncnc3cc2OC2CCC2)CC1. The van der Waals surface area contributed by atoms with Crippen molar-refractivity contribution in [3.8, 4) is 5.75 Å². The summed E-state index contributed by atoms with van der Waals surface area (Å²) in [7, 11) is 2.59. The van der Waals surface area contributed by atoms with E-state index in [9.17, 15) is 18.8 Å². The molecule has 2 heterocycles. The summed E-state index contributed by atoms with van der Waals surface area (Å²) in [5, 5.41) is 6.69. The lowest BCUT2D eigenvalue weighted by Crippen LogP contribution is -2.53. The van der Waals surface area contributed by atoms with Crippen LogP contribution in [0.25, 0.3) is 10.9 Å². The summed E-state index contributed by atoms with van der Waals surface area (Å²) < 4.78 is 29.5. The molecule has 2 aromatic carbocycles. The van der Waals surface area contributed by atoms with Crippen LogP contribution in [0, 0.1) is 5.82 Å². The van der Waals surface area contributed by atoms with Crippen LogP contribution in [0.3, 0.4) is 0 Å². The third-order valence-corrected chi connectivity index (χ3v) is 8.35. The number of rotatable bonds is 12. The Morgan fingerprint density at radius 3 is 2.54 bits per heavy atom. The van der Waals surface area contributed by atoms with Crippen molar-refractivity contribution in [1.82, 2.24) is 19.8 Å². The molecular weight excluding hydrogens is 619 g/mol. The average Bonchev–Trinajstić information content (AvgIpc) is 3.03. The van der Waals surface area contributed by atoms with Crippen LogP contribution >= 0.6 is 11.6 Å². The van der Waals surface area contributed by atoms with Gasteiger partial charge in [-0.25, -0.2) is 14.4 Å². The summed E-state index contributed by atoms with van der Waals surface area (Å²) in [6.45, 7) is 2.91. The Morgan fingerprint density at radius 1 is 1.09 bits per heavy atom. The number of aromatic nitrogens is 2. The first-order valence-corrected chi connectivity index (χ1v) is 15.4. The predicted octanol–water partition coefficient (Wildman–Crippen LogP) is 4.31. The van der Waals surface area contributed by atoms with Crippen molar-refractivity contribution >= 4 is 57.5 Å². The van der Waals surface area contributed by atoms with E-state index in [4.69, 9.17) is 25.8 Å². The van der Waals surface area contributed by atoms with Crippen molar-refractivity contribution in [2.45, 2.75) is 37.8 Å². The molecule has 244 valence electrons. The topological polar surface area (TPSA) is 135 Å². The number of fused-ring (bicyclic) bond motifs is 1. The largest absolute Gasteiger partial charge is 0.488 e. The standard InChI is InChI=1S/C32H36ClFN6O6/c1-44-30(42)18-27(32(43)45-2)40-13-11-39(12-14-40)10-4-7-29(41)38-26-16-22-25(17-28(26)46-21-5-3-6-21)35-19-36-31(22)37-20-8-9-24(34)23(33)15-20/h4,7-9,15-17,19,21,27H,3,5-6,10-14,18H2,1-2H3,(H,38,41)(H,35,36,37)/b7-4+. The second-order valence-electron chi connectivity index (χ2n) is 11.1. The van der Waals surface area contributed by atoms with E-state index < -0.39 is 23.8 Å². The van der Waals surface area contributed by atoms with Crippen LogP contribution < -0.4 is 15.4 Å². The molecule has 14 heteroatoms. The molecule has 0 radical (unpaired) electrons. The lowest BCUT2D eigenvalue weighted by Gasteiger charge is -2.37. The van der Waals surface area contributed by atoms with Gasteiger partial charge < -0.3 is 24.8 Å². The molecule has 2 N–H and O–H groups in total. The fourth-order valence-corrected chi connectivity index (χ4v) is 5.42. The molecule has 1 saturated carbocycles. The van der Waals surface area contributed by atoms with E-state index in [0.29, 0.717) is 66.6 Å². The number of piperazine rings is 1. The van der Waals surface area contributed by atoms with E-state index in [0.717, 1.165) is 19.3 Å². The van der Waals surface area contributed by atoms with E-state index in [1.807, 2.05) is 4.90 Å². The monoisotopic (exact) mass is 654 g/mol. The summed E-state index contributed by atoms with van der Waals surface area (Å²) >= 11 is 5.96. The quantitative estimate of drug-likeness (QED) is 0.214. The highest BCUT2D eigenvalue weighted by Crippen LogP contribution is 2.36. The molecule has 1 saturated heterocycles. The lowest BCUT2D eigenvalue weighted by atomic mass is 9.96. The highest BCUT2D eigenvalue weighted by molar-refractivity contribution is 6.31. The fraction of sp³-hybridized carbons (Fsp3) is 0.406. The summed E-state index contributed by atoms with van der Waals surface area (Å²) in [5.41, 5.74) is 1.62. The second-order valence-corrected chi connectivity index (χ2v) is 11.5. The molecule has 1 unspecified atom stereocenters. The molecule has 1 aromatic heterocycles. The number of anilines is 3. The first kappa shape index (κ1) is 33.0. The number of amides is 1. The molecule has 5 rings (SSSR count). The number of methoxy groups -OCH3 is 2. The Balaban J connectivity index is 1.25. The van der Waals surface area contributed by atoms with Gasteiger partial charge in [0.25, 0.3) is 0 Å². The van der Waals surface area contributed by atoms with Gasteiger partial charge >= 0.3 is 11.9 Å². The first-order chi connectivity index (χ1) is 22.2. The van der Waals surface area contributed by atoms with Crippen molar-refractivity contribution in [2.75, 3.05) is 57.6 Å². The van der Waals surface area contributed by atoms with Gasteiger partial charge in [-0.05, 0) is 43.5 Å². The van der Waals surface area contributed by atoms with E-state index in [1.54, 1.807) is 24.3 Å². The maximum absolute atomic E-state index is 13.7. The number of hydrogen-bond acceptors (Lipinski definition) is 11. The molecule has 2 fully saturated rings. The number of nitrogens with one attached hydrogen (secondary N) is 2. The van der Waals surface area contributed by atoms with Crippen molar-refractivity contribution in [3.05, 3.63) is 59.7 Å². The molecule has 0 bridgehead atoms. The van der Waals surface area contributed by atoms with Crippen LogP contribution in [0.5, 0.6) is 5.75 Å². The number of nitrogens with zero attached hydrogens (tertiary/aromatic N) is 4. The van der Waals surface area contributed by atoms with Gasteiger partial charge in [-0.2, -0.15) is 0 Å². The molecule has 12 nitrogen and oxygen atoms in total. The van der Waals surface area contributed by atoms with Crippen molar-refractivity contribution < 1.29 is 33.0 Å². The maximum Gasteiger partial charge on any atom is 0.323 e. The third-order valence-electron chi connectivity index (χ3n) is 8.06. The number of ether oxygens (including phenoxy) is 3. The molecule has 3 aromatic rings. The zero-order chi connectivity index (χ0) is 32.6. The van der Waals surface area contributed by atoms with Crippen molar-refractivity contribution in [3.63, 3.8) is 0 Å². The maximum atomic E-state index is 13.7. The molecule has 0 spiro atoms. The van der Waals surface area contributed by atoms with Gasteiger partial charge in [0.15, 0.2) is 0 Å². The summed E-state index contributed by atoms with van der Waals surface area (Å²) in [6.07, 6.45) is 7.61. The van der Waals surface area contributed by atoms with E-state index in [-0.39, 0.29) is 23.5 Å². The van der Waals surface area contributed by atoms with Crippen LogP contribution in [0.15, 0.2) is 48.8 Å². The van der Waals surface area contributed by atoms with Gasteiger partial charge in [0, 0.05) is 55.9 Å². The zero-order valence-corrected chi connectivity index (χ0v) is 26.4. The normalized spacial score (nSPS) is 16.5. The second kappa shape index (κ2) is 15.3. The summed E-state index contributed by atoms with van der Waals surface area (Å²) in [4.78, 5) is 49.9. The number of esters is 2. The first-order valence-electron chi connectivity index (χ1n) is 15.0. The Bertz CT molecular complexity index is 1610. The summed E-state index contributed by atoms with van der Waals surface area (Å²) in [6, 6.07) is 7.12. The van der Waals surface area contributed by atoms with Crippen LogP contribution in [-0.4, -0.2) is 96.7 Å². The van der Waals surface area contributed by atoms with Gasteiger partial charge in [-0.3, -0.25) is 24.2 Å². The molecule has 2 aliphatic rings. The van der Waals surface area contributed by atoms with Crippen molar-refractivity contribution in [2.24, 2.45) is 0 Å². The number of carbonyl (C=O) groups is 3. The predicted molar refractivity (Wildman–Crippen MR) is 171 cm³/mol. The van der Waals surface area contributed by atoms with Gasteiger partial charge in [0.05, 0.1) is 43.0 Å². The smallest absolute Gasteiger partial charge is 0.323 e. The molecule has 1 amide bonds. The highest BCUT2D eigenvalue weighted by Gasteiger charge is 2.32. The Hall–Kier alpha value is -4.33. The van der Waals surface area contributed by atoms with Crippen molar-refractivity contribution in [1.29, 1.82) is 0 Å². The Morgan fingerprint density at radius 2 is 1.87 bits per heavy atom. The average molecular weight is 655 g/mol. The highest BCUT2D eigenvalue weighted by atomic mass is 35.5. The zero-order valence-electron chi connectivity index (χ0n) is 25.6. The minimum absolute atomic E-state index is 0.0230. The van der Waals surface area contributed by atoms with Gasteiger partial charge in [0.1, 0.15) is 29.8 Å². The van der Waals surface area contributed by atoms with E-state index >= 15 is 0 Å². The van der Waals surface area contributed by atoms with Crippen LogP contribution in [0.1, 0.15) is 25.7 Å². The number of carbonyl (C=O) groups excluding carboxylic acids is 3.